The van der Waals surface area contributed by atoms with Crippen molar-refractivity contribution in [2.75, 3.05) is 24.6 Å². The minimum Gasteiger partial charge on any atom is -0.490 e. The van der Waals surface area contributed by atoms with Gasteiger partial charge in [-0.3, -0.25) is 19.1 Å². The summed E-state index contributed by atoms with van der Waals surface area (Å²) in [5.74, 6) is 1.27. The molecule has 1 aromatic heterocycles. The van der Waals surface area contributed by atoms with E-state index in [0.717, 1.165) is 35.6 Å². The third kappa shape index (κ3) is 4.73. The normalized spacial score (nSPS) is 15.5. The average molecular weight is 473 g/mol. The first kappa shape index (κ1) is 23.3. The molecule has 0 spiro atoms. The predicted octanol–water partition coefficient (Wildman–Crippen LogP) is 3.66. The standard InChI is InChI=1S/C28H32N4O3/c1-19(2)27-29-23-17-30(16-21-7-5-4-6-8-21)12-11-22(23)28(34)32(27)18-26(33)31-13-14-35-25-10-9-20(3)15-24(25)31/h4-10,15,19H,11-14,16-18H2,1-3H3. The van der Waals surface area contributed by atoms with E-state index < -0.39 is 0 Å². The Bertz CT molecular complexity index is 1300. The molecule has 0 saturated heterocycles. The van der Waals surface area contributed by atoms with Gasteiger partial charge in [0.2, 0.25) is 5.91 Å². The maximum absolute atomic E-state index is 13.6. The number of aryl methyl sites for hydroxylation is 1. The Morgan fingerprint density at radius 1 is 1.11 bits per heavy atom. The van der Waals surface area contributed by atoms with Crippen molar-refractivity contribution < 1.29 is 9.53 Å². The zero-order valence-corrected chi connectivity index (χ0v) is 20.7. The molecular weight excluding hydrogens is 440 g/mol. The van der Waals surface area contributed by atoms with E-state index in [4.69, 9.17) is 9.72 Å². The second-order valence-corrected chi connectivity index (χ2v) is 9.75. The van der Waals surface area contributed by atoms with Crippen LogP contribution in [0.1, 0.15) is 48.0 Å². The van der Waals surface area contributed by atoms with Crippen molar-refractivity contribution in [2.24, 2.45) is 0 Å². The van der Waals surface area contributed by atoms with Crippen LogP contribution in [0.2, 0.25) is 0 Å². The lowest BCUT2D eigenvalue weighted by atomic mass is 10.0. The van der Waals surface area contributed by atoms with Crippen LogP contribution >= 0.6 is 0 Å². The van der Waals surface area contributed by atoms with Gasteiger partial charge in [0.1, 0.15) is 24.7 Å². The number of benzene rings is 2. The number of amides is 1. The van der Waals surface area contributed by atoms with Crippen LogP contribution in [-0.4, -0.2) is 40.1 Å². The van der Waals surface area contributed by atoms with Crippen LogP contribution in [0.5, 0.6) is 5.75 Å². The maximum atomic E-state index is 13.6. The van der Waals surface area contributed by atoms with Gasteiger partial charge < -0.3 is 9.64 Å². The third-order valence-corrected chi connectivity index (χ3v) is 6.77. The smallest absolute Gasteiger partial charge is 0.257 e. The van der Waals surface area contributed by atoms with Gasteiger partial charge in [0.25, 0.3) is 5.56 Å². The van der Waals surface area contributed by atoms with Crippen LogP contribution in [-0.2, 0) is 30.8 Å². The van der Waals surface area contributed by atoms with E-state index in [1.165, 1.54) is 5.56 Å². The van der Waals surface area contributed by atoms with Gasteiger partial charge in [0.05, 0.1) is 17.9 Å². The fraction of sp³-hybridized carbons (Fsp3) is 0.393. The molecule has 0 atom stereocenters. The molecule has 1 amide bonds. The molecule has 3 heterocycles. The minimum absolute atomic E-state index is 0.0181. The monoisotopic (exact) mass is 472 g/mol. The first-order valence-electron chi connectivity index (χ1n) is 12.3. The summed E-state index contributed by atoms with van der Waals surface area (Å²) in [4.78, 5) is 36.1. The van der Waals surface area contributed by atoms with Gasteiger partial charge in [0, 0.05) is 31.1 Å². The number of hydrogen-bond acceptors (Lipinski definition) is 5. The number of anilines is 1. The van der Waals surface area contributed by atoms with E-state index in [-0.39, 0.29) is 23.9 Å². The molecule has 0 saturated carbocycles. The Morgan fingerprint density at radius 3 is 2.69 bits per heavy atom. The van der Waals surface area contributed by atoms with E-state index >= 15 is 0 Å². The second-order valence-electron chi connectivity index (χ2n) is 9.75. The number of carbonyl (C=O) groups excluding carboxylic acids is 1. The molecule has 0 radical (unpaired) electrons. The van der Waals surface area contributed by atoms with E-state index in [1.54, 1.807) is 9.47 Å². The lowest BCUT2D eigenvalue weighted by molar-refractivity contribution is -0.119. The van der Waals surface area contributed by atoms with Crippen LogP contribution in [0.4, 0.5) is 5.69 Å². The third-order valence-electron chi connectivity index (χ3n) is 6.77. The summed E-state index contributed by atoms with van der Waals surface area (Å²) in [6.07, 6.45) is 0.639. The predicted molar refractivity (Wildman–Crippen MR) is 136 cm³/mol. The Kier molecular flexibility index (Phi) is 6.43. The number of nitrogens with zero attached hydrogens (tertiary/aromatic N) is 4. The topological polar surface area (TPSA) is 67.7 Å². The van der Waals surface area contributed by atoms with Gasteiger partial charge in [-0.25, -0.2) is 4.98 Å². The maximum Gasteiger partial charge on any atom is 0.257 e. The van der Waals surface area contributed by atoms with Crippen LogP contribution in [0.15, 0.2) is 53.3 Å². The number of rotatable bonds is 5. The molecule has 182 valence electrons. The molecule has 0 bridgehead atoms. The quantitative estimate of drug-likeness (QED) is 0.567. The van der Waals surface area contributed by atoms with Gasteiger partial charge in [-0.15, -0.1) is 0 Å². The largest absolute Gasteiger partial charge is 0.490 e. The molecule has 0 aliphatic carbocycles. The van der Waals surface area contributed by atoms with Crippen molar-refractivity contribution in [3.63, 3.8) is 0 Å². The van der Waals surface area contributed by atoms with Crippen molar-refractivity contribution in [3.05, 3.63) is 87.1 Å². The lowest BCUT2D eigenvalue weighted by Gasteiger charge is -2.31. The molecule has 2 aromatic carbocycles. The van der Waals surface area contributed by atoms with Gasteiger partial charge in [-0.05, 0) is 36.6 Å². The van der Waals surface area contributed by atoms with Crippen molar-refractivity contribution in [1.82, 2.24) is 14.5 Å². The number of hydrogen-bond donors (Lipinski definition) is 0. The van der Waals surface area contributed by atoms with Crippen LogP contribution in [0.25, 0.3) is 0 Å². The Morgan fingerprint density at radius 2 is 1.91 bits per heavy atom. The molecule has 7 heteroatoms. The van der Waals surface area contributed by atoms with Crippen LogP contribution < -0.4 is 15.2 Å². The average Bonchev–Trinajstić information content (AvgIpc) is 2.85. The molecule has 0 N–H and O–H groups in total. The minimum atomic E-state index is -0.118. The van der Waals surface area contributed by atoms with Crippen molar-refractivity contribution >= 4 is 11.6 Å². The highest BCUT2D eigenvalue weighted by Gasteiger charge is 2.28. The fourth-order valence-corrected chi connectivity index (χ4v) is 4.98. The molecule has 7 nitrogen and oxygen atoms in total. The van der Waals surface area contributed by atoms with E-state index in [1.807, 2.05) is 57.2 Å². The number of carbonyl (C=O) groups is 1. The van der Waals surface area contributed by atoms with E-state index in [9.17, 15) is 9.59 Å². The highest BCUT2D eigenvalue weighted by atomic mass is 16.5. The highest BCUT2D eigenvalue weighted by Crippen LogP contribution is 2.32. The number of aromatic nitrogens is 2. The number of fused-ring (bicyclic) bond motifs is 2. The summed E-state index contributed by atoms with van der Waals surface area (Å²) in [7, 11) is 0. The van der Waals surface area contributed by atoms with Gasteiger partial charge >= 0.3 is 0 Å². The Balaban J connectivity index is 1.43. The molecule has 2 aliphatic heterocycles. The van der Waals surface area contributed by atoms with Gasteiger partial charge in [-0.2, -0.15) is 0 Å². The summed E-state index contributed by atoms with van der Waals surface area (Å²) in [6, 6.07) is 16.2. The van der Waals surface area contributed by atoms with Crippen molar-refractivity contribution in [2.45, 2.75) is 52.7 Å². The zero-order valence-electron chi connectivity index (χ0n) is 20.7. The van der Waals surface area contributed by atoms with Crippen molar-refractivity contribution in [3.8, 4) is 5.75 Å². The fourth-order valence-electron chi connectivity index (χ4n) is 4.98. The SMILES string of the molecule is Cc1ccc2c(c1)N(C(=O)Cn1c(C(C)C)nc3c(c1=O)CCN(Cc1ccccc1)C3)CCO2. The molecular formula is C28H32N4O3. The molecule has 35 heavy (non-hydrogen) atoms. The number of ether oxygens (including phenoxy) is 1. The van der Waals surface area contributed by atoms with Gasteiger partial charge in [-0.1, -0.05) is 50.2 Å². The summed E-state index contributed by atoms with van der Waals surface area (Å²) >= 11 is 0. The Labute approximate surface area is 206 Å². The summed E-state index contributed by atoms with van der Waals surface area (Å²) in [5, 5.41) is 0. The lowest BCUT2D eigenvalue weighted by Crippen LogP contribution is -2.44. The van der Waals surface area contributed by atoms with E-state index in [0.29, 0.717) is 37.7 Å². The van der Waals surface area contributed by atoms with E-state index in [2.05, 4.69) is 17.0 Å². The molecule has 2 aliphatic rings. The first-order chi connectivity index (χ1) is 16.9. The second kappa shape index (κ2) is 9.66. The summed E-state index contributed by atoms with van der Waals surface area (Å²) < 4.78 is 7.34. The first-order valence-corrected chi connectivity index (χ1v) is 12.3. The van der Waals surface area contributed by atoms with Crippen LogP contribution in [0, 0.1) is 6.92 Å². The molecule has 0 fully saturated rings. The van der Waals surface area contributed by atoms with Crippen LogP contribution in [0.3, 0.4) is 0 Å². The highest BCUT2D eigenvalue weighted by molar-refractivity contribution is 5.95. The van der Waals surface area contributed by atoms with Gasteiger partial charge in [0.15, 0.2) is 0 Å². The Hall–Kier alpha value is -3.45. The molecule has 5 rings (SSSR count). The zero-order chi connectivity index (χ0) is 24.5. The summed E-state index contributed by atoms with van der Waals surface area (Å²) in [6.45, 7) is 9.19. The summed E-state index contributed by atoms with van der Waals surface area (Å²) in [5.41, 5.74) is 4.58. The molecule has 3 aromatic rings. The van der Waals surface area contributed by atoms with Crippen molar-refractivity contribution in [1.29, 1.82) is 0 Å². The molecule has 0 unspecified atom stereocenters.